The average molecular weight is 290 g/mol. The van der Waals surface area contributed by atoms with Crippen molar-refractivity contribution in [1.82, 2.24) is 4.98 Å². The minimum absolute atomic E-state index is 0.390. The van der Waals surface area contributed by atoms with Gasteiger partial charge in [-0.25, -0.2) is 9.78 Å². The molecule has 2 aromatic rings. The third kappa shape index (κ3) is 2.67. The summed E-state index contributed by atoms with van der Waals surface area (Å²) in [6, 6.07) is 6.27. The summed E-state index contributed by atoms with van der Waals surface area (Å²) in [7, 11) is 3.33. The Labute approximate surface area is 123 Å². The highest BCUT2D eigenvalue weighted by atomic mass is 32.1. The molecular weight excluding hydrogens is 272 g/mol. The van der Waals surface area contributed by atoms with E-state index in [1.54, 1.807) is 0 Å². The summed E-state index contributed by atoms with van der Waals surface area (Å²) < 4.78 is 4.74. The third-order valence-electron chi connectivity index (χ3n) is 3.16. The molecule has 0 atom stereocenters. The van der Waals surface area contributed by atoms with E-state index in [0.29, 0.717) is 5.69 Å². The van der Waals surface area contributed by atoms with E-state index in [2.05, 4.69) is 37.0 Å². The van der Waals surface area contributed by atoms with Crippen LogP contribution in [0.2, 0.25) is 0 Å². The zero-order chi connectivity index (χ0) is 14.9. The number of nitrogens with zero attached hydrogens (tertiary/aromatic N) is 2. The lowest BCUT2D eigenvalue weighted by Crippen LogP contribution is -2.11. The Hall–Kier alpha value is -1.88. The van der Waals surface area contributed by atoms with E-state index < -0.39 is 0 Å². The van der Waals surface area contributed by atoms with E-state index in [9.17, 15) is 4.79 Å². The number of carbonyl (C=O) groups is 1. The maximum Gasteiger partial charge on any atom is 0.357 e. The predicted octanol–water partition coefficient (Wildman–Crippen LogP) is 3.62. The number of ether oxygens (including phenoxy) is 1. The molecule has 5 heteroatoms. The standard InChI is InChI=1S/C15H18N2O2S/c1-9-6-7-12(10(2)8-9)17(4)15-16-13(11(3)20-15)14(18)19-5/h6-8H,1-5H3. The zero-order valence-corrected chi connectivity index (χ0v) is 13.2. The first-order chi connectivity index (χ1) is 9.43. The number of aryl methyl sites for hydroxylation is 3. The summed E-state index contributed by atoms with van der Waals surface area (Å²) in [5.41, 5.74) is 3.88. The summed E-state index contributed by atoms with van der Waals surface area (Å²) in [6.07, 6.45) is 0. The van der Waals surface area contributed by atoms with Gasteiger partial charge in [0.1, 0.15) is 0 Å². The Balaban J connectivity index is 2.38. The molecule has 2 rings (SSSR count). The van der Waals surface area contributed by atoms with Gasteiger partial charge in [0.15, 0.2) is 10.8 Å². The van der Waals surface area contributed by atoms with Crippen LogP contribution in [0.25, 0.3) is 0 Å². The molecule has 1 aromatic carbocycles. The predicted molar refractivity (Wildman–Crippen MR) is 82.2 cm³/mol. The van der Waals surface area contributed by atoms with Crippen LogP contribution in [0, 0.1) is 20.8 Å². The van der Waals surface area contributed by atoms with Crippen LogP contribution in [0.5, 0.6) is 0 Å². The fourth-order valence-corrected chi connectivity index (χ4v) is 2.97. The van der Waals surface area contributed by atoms with Gasteiger partial charge in [-0.2, -0.15) is 0 Å². The zero-order valence-electron chi connectivity index (χ0n) is 12.4. The van der Waals surface area contributed by atoms with Crippen LogP contribution in [0.4, 0.5) is 10.8 Å². The third-order valence-corrected chi connectivity index (χ3v) is 4.21. The summed E-state index contributed by atoms with van der Waals surface area (Å²) in [6.45, 7) is 6.02. The van der Waals surface area contributed by atoms with Gasteiger partial charge in [-0.15, -0.1) is 11.3 Å². The molecule has 0 aliphatic carbocycles. The van der Waals surface area contributed by atoms with Gasteiger partial charge >= 0.3 is 5.97 Å². The maximum atomic E-state index is 11.6. The minimum atomic E-state index is -0.390. The molecule has 1 heterocycles. The van der Waals surface area contributed by atoms with Crippen LogP contribution in [0.1, 0.15) is 26.5 Å². The summed E-state index contributed by atoms with van der Waals surface area (Å²) >= 11 is 1.49. The Morgan fingerprint density at radius 2 is 2.00 bits per heavy atom. The highest BCUT2D eigenvalue weighted by molar-refractivity contribution is 7.15. The highest BCUT2D eigenvalue weighted by Crippen LogP contribution is 2.32. The molecule has 0 bridgehead atoms. The number of esters is 1. The lowest BCUT2D eigenvalue weighted by atomic mass is 10.1. The van der Waals surface area contributed by atoms with Crippen molar-refractivity contribution in [3.63, 3.8) is 0 Å². The van der Waals surface area contributed by atoms with E-state index in [1.807, 2.05) is 18.9 Å². The second kappa shape index (κ2) is 5.63. The molecule has 106 valence electrons. The van der Waals surface area contributed by atoms with Crippen molar-refractivity contribution in [2.75, 3.05) is 19.1 Å². The maximum absolute atomic E-state index is 11.6. The molecule has 4 nitrogen and oxygen atoms in total. The Kier molecular flexibility index (Phi) is 4.09. The number of rotatable bonds is 3. The topological polar surface area (TPSA) is 42.4 Å². The van der Waals surface area contributed by atoms with E-state index >= 15 is 0 Å². The summed E-state index contributed by atoms with van der Waals surface area (Å²) in [5, 5.41) is 0.787. The molecule has 0 spiro atoms. The molecule has 0 radical (unpaired) electrons. The quantitative estimate of drug-likeness (QED) is 0.810. The molecule has 0 fully saturated rings. The van der Waals surface area contributed by atoms with Gasteiger partial charge in [0, 0.05) is 17.6 Å². The first kappa shape index (κ1) is 14.5. The van der Waals surface area contributed by atoms with Crippen LogP contribution in [-0.4, -0.2) is 25.1 Å². The largest absolute Gasteiger partial charge is 0.464 e. The molecule has 0 aliphatic rings. The number of aromatic nitrogens is 1. The van der Waals surface area contributed by atoms with Gasteiger partial charge in [0.2, 0.25) is 0 Å². The van der Waals surface area contributed by atoms with Crippen molar-refractivity contribution in [1.29, 1.82) is 0 Å². The first-order valence-corrected chi connectivity index (χ1v) is 7.12. The van der Waals surface area contributed by atoms with Crippen LogP contribution >= 0.6 is 11.3 Å². The molecule has 0 saturated heterocycles. The molecule has 0 aliphatic heterocycles. The van der Waals surface area contributed by atoms with E-state index in [-0.39, 0.29) is 5.97 Å². The number of methoxy groups -OCH3 is 1. The van der Waals surface area contributed by atoms with Crippen molar-refractivity contribution in [2.24, 2.45) is 0 Å². The Bertz CT molecular complexity index is 649. The van der Waals surface area contributed by atoms with Gasteiger partial charge in [-0.05, 0) is 32.4 Å². The number of thiazole rings is 1. The fraction of sp³-hybridized carbons (Fsp3) is 0.333. The second-order valence-corrected chi connectivity index (χ2v) is 5.92. The van der Waals surface area contributed by atoms with Crippen LogP contribution < -0.4 is 4.90 Å². The molecule has 0 amide bonds. The van der Waals surface area contributed by atoms with Gasteiger partial charge in [-0.1, -0.05) is 17.7 Å². The molecule has 1 aromatic heterocycles. The van der Waals surface area contributed by atoms with Gasteiger partial charge in [-0.3, -0.25) is 0 Å². The fourth-order valence-electron chi connectivity index (χ4n) is 2.10. The van der Waals surface area contributed by atoms with Crippen LogP contribution in [0.15, 0.2) is 18.2 Å². The molecule has 0 N–H and O–H groups in total. The van der Waals surface area contributed by atoms with Crippen LogP contribution in [-0.2, 0) is 4.74 Å². The number of hydrogen-bond acceptors (Lipinski definition) is 5. The molecule has 0 unspecified atom stereocenters. The van der Waals surface area contributed by atoms with Crippen molar-refractivity contribution in [2.45, 2.75) is 20.8 Å². The van der Waals surface area contributed by atoms with Gasteiger partial charge in [0.25, 0.3) is 0 Å². The Morgan fingerprint density at radius 1 is 1.30 bits per heavy atom. The lowest BCUT2D eigenvalue weighted by Gasteiger charge is -2.18. The average Bonchev–Trinajstić information content (AvgIpc) is 2.79. The second-order valence-electron chi connectivity index (χ2n) is 4.74. The van der Waals surface area contributed by atoms with Gasteiger partial charge in [0.05, 0.1) is 7.11 Å². The Morgan fingerprint density at radius 3 is 2.60 bits per heavy atom. The monoisotopic (exact) mass is 290 g/mol. The van der Waals surface area contributed by atoms with Crippen molar-refractivity contribution in [3.8, 4) is 0 Å². The summed E-state index contributed by atoms with van der Waals surface area (Å²) in [5.74, 6) is -0.390. The summed E-state index contributed by atoms with van der Waals surface area (Å²) in [4.78, 5) is 18.9. The van der Waals surface area contributed by atoms with E-state index in [4.69, 9.17) is 4.74 Å². The number of hydrogen-bond donors (Lipinski definition) is 0. The lowest BCUT2D eigenvalue weighted by molar-refractivity contribution is 0.0594. The first-order valence-electron chi connectivity index (χ1n) is 6.30. The smallest absolute Gasteiger partial charge is 0.357 e. The van der Waals surface area contributed by atoms with E-state index in [1.165, 1.54) is 29.6 Å². The molecular formula is C15H18N2O2S. The number of carbonyl (C=O) groups excluding carboxylic acids is 1. The number of benzene rings is 1. The van der Waals surface area contributed by atoms with E-state index in [0.717, 1.165) is 15.7 Å². The minimum Gasteiger partial charge on any atom is -0.464 e. The van der Waals surface area contributed by atoms with Crippen molar-refractivity contribution in [3.05, 3.63) is 39.9 Å². The van der Waals surface area contributed by atoms with Gasteiger partial charge < -0.3 is 9.64 Å². The van der Waals surface area contributed by atoms with Crippen molar-refractivity contribution < 1.29 is 9.53 Å². The molecule has 20 heavy (non-hydrogen) atoms. The number of anilines is 2. The normalized spacial score (nSPS) is 10.4. The molecule has 0 saturated carbocycles. The van der Waals surface area contributed by atoms with Crippen LogP contribution in [0.3, 0.4) is 0 Å². The highest BCUT2D eigenvalue weighted by Gasteiger charge is 2.19. The SMILES string of the molecule is COC(=O)c1nc(N(C)c2ccc(C)cc2C)sc1C. The van der Waals surface area contributed by atoms with Crippen molar-refractivity contribution >= 4 is 28.1 Å².